The van der Waals surface area contributed by atoms with E-state index in [4.69, 9.17) is 4.74 Å². The summed E-state index contributed by atoms with van der Waals surface area (Å²) in [6, 6.07) is 5.36. The van der Waals surface area contributed by atoms with Gasteiger partial charge in [0.25, 0.3) is 11.7 Å². The molecule has 100 valence electrons. The van der Waals surface area contributed by atoms with Crippen molar-refractivity contribution in [1.29, 1.82) is 0 Å². The Balaban J connectivity index is 1.90. The maximum atomic E-state index is 12.1. The Bertz CT molecular complexity index is 537. The first kappa shape index (κ1) is 12.8. The number of para-hydroxylation sites is 1. The monoisotopic (exact) mass is 323 g/mol. The molecule has 0 saturated carbocycles. The number of Topliss-reactive ketones (excluding diaryl/α,β-unsaturated/α-hetero) is 1. The number of ketones is 1. The van der Waals surface area contributed by atoms with E-state index in [0.717, 1.165) is 36.2 Å². The number of benzene rings is 1. The molecule has 1 aromatic rings. The van der Waals surface area contributed by atoms with E-state index in [1.54, 1.807) is 17.0 Å². The van der Waals surface area contributed by atoms with E-state index in [2.05, 4.69) is 15.9 Å². The Kier molecular flexibility index (Phi) is 3.41. The average molecular weight is 324 g/mol. The van der Waals surface area contributed by atoms with Crippen molar-refractivity contribution in [1.82, 2.24) is 0 Å². The van der Waals surface area contributed by atoms with Crippen molar-refractivity contribution in [3.8, 4) is 0 Å². The van der Waals surface area contributed by atoms with Crippen LogP contribution in [-0.2, 0) is 9.53 Å². The summed E-state index contributed by atoms with van der Waals surface area (Å²) in [7, 11) is 0. The molecule has 1 amide bonds. The number of rotatable bonds is 2. The lowest BCUT2D eigenvalue weighted by Crippen LogP contribution is -2.36. The van der Waals surface area contributed by atoms with Gasteiger partial charge in [-0.1, -0.05) is 6.07 Å². The first-order chi connectivity index (χ1) is 9.18. The summed E-state index contributed by atoms with van der Waals surface area (Å²) in [6.45, 7) is 2.08. The number of carbonyl (C=O) groups excluding carboxylic acids is 2. The van der Waals surface area contributed by atoms with Gasteiger partial charge in [0.1, 0.15) is 0 Å². The molecule has 0 bridgehead atoms. The molecule has 0 aliphatic carbocycles. The molecule has 0 spiro atoms. The number of hydrogen-bond donors (Lipinski definition) is 0. The van der Waals surface area contributed by atoms with E-state index in [1.807, 2.05) is 6.07 Å². The van der Waals surface area contributed by atoms with Crippen LogP contribution in [0, 0.1) is 5.92 Å². The lowest BCUT2D eigenvalue weighted by molar-refractivity contribution is -0.114. The molecular formula is C14H14BrNO3. The molecule has 5 heteroatoms. The van der Waals surface area contributed by atoms with Gasteiger partial charge in [-0.15, -0.1) is 0 Å². The zero-order valence-electron chi connectivity index (χ0n) is 10.4. The van der Waals surface area contributed by atoms with Gasteiger partial charge in [0.2, 0.25) is 0 Å². The molecule has 0 atom stereocenters. The predicted molar refractivity (Wildman–Crippen MR) is 74.4 cm³/mol. The van der Waals surface area contributed by atoms with Crippen molar-refractivity contribution in [3.63, 3.8) is 0 Å². The van der Waals surface area contributed by atoms with Gasteiger partial charge in [-0.2, -0.15) is 0 Å². The second kappa shape index (κ2) is 5.06. The van der Waals surface area contributed by atoms with Gasteiger partial charge in [0, 0.05) is 24.2 Å². The summed E-state index contributed by atoms with van der Waals surface area (Å²) in [5.41, 5.74) is 1.23. The fourth-order valence-electron chi connectivity index (χ4n) is 2.67. The highest BCUT2D eigenvalue weighted by Gasteiger charge is 2.38. The normalized spacial score (nSPS) is 19.9. The Hall–Kier alpha value is -1.20. The summed E-state index contributed by atoms with van der Waals surface area (Å²) in [5, 5.41) is 0. The molecule has 4 nitrogen and oxygen atoms in total. The Labute approximate surface area is 119 Å². The van der Waals surface area contributed by atoms with Crippen LogP contribution >= 0.6 is 15.9 Å². The molecular weight excluding hydrogens is 310 g/mol. The van der Waals surface area contributed by atoms with Crippen LogP contribution in [-0.4, -0.2) is 31.4 Å². The van der Waals surface area contributed by atoms with Crippen LogP contribution < -0.4 is 4.90 Å². The summed E-state index contributed by atoms with van der Waals surface area (Å²) in [5.74, 6) is -0.402. The van der Waals surface area contributed by atoms with Crippen LogP contribution in [0.3, 0.4) is 0 Å². The van der Waals surface area contributed by atoms with Gasteiger partial charge in [0.15, 0.2) is 0 Å². The fourth-order valence-corrected chi connectivity index (χ4v) is 3.25. The fraction of sp³-hybridized carbons (Fsp3) is 0.429. The van der Waals surface area contributed by atoms with Crippen molar-refractivity contribution in [3.05, 3.63) is 28.2 Å². The lowest BCUT2D eigenvalue weighted by Gasteiger charge is -2.27. The molecule has 0 aromatic heterocycles. The number of carbonyl (C=O) groups is 2. The Morgan fingerprint density at radius 2 is 2.00 bits per heavy atom. The van der Waals surface area contributed by atoms with Gasteiger partial charge in [0.05, 0.1) is 11.3 Å². The van der Waals surface area contributed by atoms with Gasteiger partial charge in [-0.05, 0) is 46.8 Å². The maximum Gasteiger partial charge on any atom is 0.299 e. The molecule has 0 radical (unpaired) electrons. The number of halogens is 1. The minimum absolute atomic E-state index is 0.400. The molecule has 2 aliphatic rings. The summed E-state index contributed by atoms with van der Waals surface area (Å²) >= 11 is 3.44. The summed E-state index contributed by atoms with van der Waals surface area (Å²) < 4.78 is 6.13. The first-order valence-corrected chi connectivity index (χ1v) is 7.20. The molecule has 2 heterocycles. The third-order valence-corrected chi connectivity index (χ3v) is 4.36. The number of hydrogen-bond acceptors (Lipinski definition) is 3. The Morgan fingerprint density at radius 1 is 1.26 bits per heavy atom. The zero-order valence-corrected chi connectivity index (χ0v) is 12.0. The van der Waals surface area contributed by atoms with Gasteiger partial charge < -0.3 is 9.64 Å². The van der Waals surface area contributed by atoms with Crippen molar-refractivity contribution in [2.24, 2.45) is 5.92 Å². The lowest BCUT2D eigenvalue weighted by atomic mass is 10.00. The SMILES string of the molecule is O=C1C(=O)N(CC2CCOCC2)c2c(Br)cccc21. The maximum absolute atomic E-state index is 12.1. The van der Waals surface area contributed by atoms with Crippen molar-refractivity contribution >= 4 is 33.3 Å². The number of fused-ring (bicyclic) bond motifs is 1. The number of ether oxygens (including phenoxy) is 1. The van der Waals surface area contributed by atoms with E-state index in [-0.39, 0.29) is 0 Å². The van der Waals surface area contributed by atoms with Gasteiger partial charge in [-0.3, -0.25) is 9.59 Å². The van der Waals surface area contributed by atoms with E-state index in [1.165, 1.54) is 0 Å². The second-order valence-electron chi connectivity index (χ2n) is 4.94. The molecule has 1 saturated heterocycles. The van der Waals surface area contributed by atoms with Crippen LogP contribution in [0.2, 0.25) is 0 Å². The van der Waals surface area contributed by atoms with Crippen molar-refractivity contribution < 1.29 is 14.3 Å². The largest absolute Gasteiger partial charge is 0.381 e. The van der Waals surface area contributed by atoms with Crippen molar-refractivity contribution in [2.75, 3.05) is 24.7 Å². The van der Waals surface area contributed by atoms with Crippen LogP contribution in [0.25, 0.3) is 0 Å². The Morgan fingerprint density at radius 3 is 2.74 bits per heavy atom. The second-order valence-corrected chi connectivity index (χ2v) is 5.79. The van der Waals surface area contributed by atoms with Crippen LogP contribution in [0.15, 0.2) is 22.7 Å². The topological polar surface area (TPSA) is 46.6 Å². The molecule has 1 fully saturated rings. The highest BCUT2D eigenvalue weighted by atomic mass is 79.9. The van der Waals surface area contributed by atoms with Gasteiger partial charge >= 0.3 is 0 Å². The third kappa shape index (κ3) is 2.21. The molecule has 3 rings (SSSR count). The standard InChI is InChI=1S/C14H14BrNO3/c15-11-3-1-2-10-12(11)16(14(18)13(10)17)8-9-4-6-19-7-5-9/h1-3,9H,4-8H2. The average Bonchev–Trinajstić information content (AvgIpc) is 2.67. The van der Waals surface area contributed by atoms with E-state index in [0.29, 0.717) is 18.0 Å². The highest BCUT2D eigenvalue weighted by molar-refractivity contribution is 9.10. The smallest absolute Gasteiger partial charge is 0.299 e. The summed E-state index contributed by atoms with van der Waals surface area (Å²) in [4.78, 5) is 25.7. The third-order valence-electron chi connectivity index (χ3n) is 3.72. The van der Waals surface area contributed by atoms with Gasteiger partial charge in [-0.25, -0.2) is 0 Å². The quantitative estimate of drug-likeness (QED) is 0.785. The molecule has 1 aromatic carbocycles. The number of anilines is 1. The summed E-state index contributed by atoms with van der Waals surface area (Å²) in [6.07, 6.45) is 1.88. The first-order valence-electron chi connectivity index (χ1n) is 6.41. The molecule has 19 heavy (non-hydrogen) atoms. The van der Waals surface area contributed by atoms with Crippen LogP contribution in [0.1, 0.15) is 23.2 Å². The molecule has 2 aliphatic heterocycles. The van der Waals surface area contributed by atoms with Crippen LogP contribution in [0.5, 0.6) is 0 Å². The molecule has 0 N–H and O–H groups in total. The minimum Gasteiger partial charge on any atom is -0.381 e. The van der Waals surface area contributed by atoms with Crippen LogP contribution in [0.4, 0.5) is 5.69 Å². The zero-order chi connectivity index (χ0) is 13.4. The highest BCUT2D eigenvalue weighted by Crippen LogP contribution is 2.37. The van der Waals surface area contributed by atoms with E-state index >= 15 is 0 Å². The number of nitrogens with zero attached hydrogens (tertiary/aromatic N) is 1. The molecule has 0 unspecified atom stereocenters. The predicted octanol–water partition coefficient (Wildman–Crippen LogP) is 2.41. The number of amides is 1. The van der Waals surface area contributed by atoms with E-state index < -0.39 is 11.7 Å². The van der Waals surface area contributed by atoms with Crippen molar-refractivity contribution in [2.45, 2.75) is 12.8 Å². The minimum atomic E-state index is -0.409. The van der Waals surface area contributed by atoms with E-state index in [9.17, 15) is 9.59 Å².